The van der Waals surface area contributed by atoms with E-state index in [1.54, 1.807) is 0 Å². The topological polar surface area (TPSA) is 32.3 Å². The lowest BCUT2D eigenvalue weighted by atomic mass is 10.0. The highest BCUT2D eigenvalue weighted by Gasteiger charge is 2.21. The quantitative estimate of drug-likeness (QED) is 0.828. The molecule has 1 aliphatic rings. The van der Waals surface area contributed by atoms with Crippen LogP contribution in [0.3, 0.4) is 0 Å². The lowest BCUT2D eigenvalue weighted by molar-refractivity contribution is 0.0905. The number of piperidine rings is 1. The summed E-state index contributed by atoms with van der Waals surface area (Å²) in [6, 6.07) is 6.19. The SMILES string of the molecule is CCN1CCCC(NC(=O)c2cccc(C)c2I)C1. The average molecular weight is 372 g/mol. The number of amides is 1. The molecule has 1 N–H and O–H groups in total. The first-order valence-corrected chi connectivity index (χ1v) is 7.98. The van der Waals surface area contributed by atoms with Gasteiger partial charge in [-0.1, -0.05) is 19.1 Å². The van der Waals surface area contributed by atoms with Gasteiger partial charge in [-0.2, -0.15) is 0 Å². The van der Waals surface area contributed by atoms with Crippen molar-refractivity contribution in [2.75, 3.05) is 19.6 Å². The zero-order chi connectivity index (χ0) is 13.8. The first-order chi connectivity index (χ1) is 9.11. The van der Waals surface area contributed by atoms with Gasteiger partial charge < -0.3 is 10.2 Å². The molecule has 3 nitrogen and oxygen atoms in total. The largest absolute Gasteiger partial charge is 0.348 e. The summed E-state index contributed by atoms with van der Waals surface area (Å²) in [4.78, 5) is 14.7. The Morgan fingerprint density at radius 2 is 2.32 bits per heavy atom. The predicted octanol–water partition coefficient (Wildman–Crippen LogP) is 2.81. The lowest BCUT2D eigenvalue weighted by Crippen LogP contribution is -2.47. The van der Waals surface area contributed by atoms with Crippen molar-refractivity contribution in [2.45, 2.75) is 32.7 Å². The van der Waals surface area contributed by atoms with Gasteiger partial charge in [0.1, 0.15) is 0 Å². The minimum atomic E-state index is 0.0658. The van der Waals surface area contributed by atoms with E-state index in [1.165, 1.54) is 6.42 Å². The first kappa shape index (κ1) is 14.8. The van der Waals surface area contributed by atoms with Crippen LogP contribution in [0.5, 0.6) is 0 Å². The standard InChI is InChI=1S/C15H21IN2O/c1-3-18-9-5-7-12(10-18)17-15(19)13-8-4-6-11(2)14(13)16/h4,6,8,12H,3,5,7,9-10H2,1-2H3,(H,17,19). The Morgan fingerprint density at radius 3 is 3.05 bits per heavy atom. The summed E-state index contributed by atoms with van der Waals surface area (Å²) in [6.07, 6.45) is 2.26. The van der Waals surface area contributed by atoms with Crippen molar-refractivity contribution in [2.24, 2.45) is 0 Å². The molecule has 1 amide bonds. The minimum absolute atomic E-state index is 0.0658. The van der Waals surface area contributed by atoms with E-state index in [-0.39, 0.29) is 11.9 Å². The molecule has 0 saturated carbocycles. The van der Waals surface area contributed by atoms with Gasteiger partial charge in [0.25, 0.3) is 5.91 Å². The molecule has 1 heterocycles. The zero-order valence-corrected chi connectivity index (χ0v) is 13.7. The molecular formula is C15H21IN2O. The van der Waals surface area contributed by atoms with Crippen molar-refractivity contribution in [3.05, 3.63) is 32.9 Å². The highest BCUT2D eigenvalue weighted by Crippen LogP contribution is 2.17. The number of carbonyl (C=O) groups is 1. The number of nitrogens with zero attached hydrogens (tertiary/aromatic N) is 1. The van der Waals surface area contributed by atoms with Crippen LogP contribution in [-0.4, -0.2) is 36.5 Å². The Labute approximate surface area is 128 Å². The number of rotatable bonds is 3. The summed E-state index contributed by atoms with van der Waals surface area (Å²) < 4.78 is 1.06. The summed E-state index contributed by atoms with van der Waals surface area (Å²) in [5, 5.41) is 3.18. The third-order valence-electron chi connectivity index (χ3n) is 3.72. The van der Waals surface area contributed by atoms with Crippen LogP contribution < -0.4 is 5.32 Å². The molecule has 1 aromatic rings. The van der Waals surface area contributed by atoms with E-state index < -0.39 is 0 Å². The lowest BCUT2D eigenvalue weighted by Gasteiger charge is -2.32. The number of carbonyl (C=O) groups excluding carboxylic acids is 1. The number of halogens is 1. The van der Waals surface area contributed by atoms with Crippen LogP contribution >= 0.6 is 22.6 Å². The van der Waals surface area contributed by atoms with E-state index in [0.29, 0.717) is 0 Å². The maximum Gasteiger partial charge on any atom is 0.252 e. The second-order valence-corrected chi connectivity index (χ2v) is 6.22. The Hall–Kier alpha value is -0.620. The first-order valence-electron chi connectivity index (χ1n) is 6.90. The van der Waals surface area contributed by atoms with Gasteiger partial charge in [-0.25, -0.2) is 0 Å². The number of aryl methyl sites for hydroxylation is 1. The maximum absolute atomic E-state index is 12.3. The highest BCUT2D eigenvalue weighted by atomic mass is 127. The third-order valence-corrected chi connectivity index (χ3v) is 5.16. The van der Waals surface area contributed by atoms with Gasteiger partial charge in [0, 0.05) is 16.2 Å². The van der Waals surface area contributed by atoms with Crippen LogP contribution in [0.1, 0.15) is 35.7 Å². The van der Waals surface area contributed by atoms with Crippen molar-refractivity contribution in [1.82, 2.24) is 10.2 Å². The molecule has 0 bridgehead atoms. The van der Waals surface area contributed by atoms with Crippen molar-refractivity contribution >= 4 is 28.5 Å². The molecule has 1 aromatic carbocycles. The van der Waals surface area contributed by atoms with Gasteiger partial charge >= 0.3 is 0 Å². The summed E-state index contributed by atoms with van der Waals surface area (Å²) in [5.41, 5.74) is 1.96. The Balaban J connectivity index is 2.02. The highest BCUT2D eigenvalue weighted by molar-refractivity contribution is 14.1. The number of hydrogen-bond acceptors (Lipinski definition) is 2. The van der Waals surface area contributed by atoms with E-state index in [9.17, 15) is 4.79 Å². The van der Waals surface area contributed by atoms with E-state index in [2.05, 4.69) is 39.7 Å². The molecule has 104 valence electrons. The van der Waals surface area contributed by atoms with Crippen LogP contribution in [0.25, 0.3) is 0 Å². The second-order valence-electron chi connectivity index (χ2n) is 5.14. The second kappa shape index (κ2) is 6.70. The predicted molar refractivity (Wildman–Crippen MR) is 86.5 cm³/mol. The van der Waals surface area contributed by atoms with Gasteiger partial charge in [0.05, 0.1) is 5.56 Å². The minimum Gasteiger partial charge on any atom is -0.348 e. The van der Waals surface area contributed by atoms with Crippen LogP contribution in [0, 0.1) is 10.5 Å². The van der Waals surface area contributed by atoms with E-state index in [0.717, 1.165) is 40.8 Å². The number of hydrogen-bond donors (Lipinski definition) is 1. The molecule has 1 aliphatic heterocycles. The summed E-state index contributed by atoms with van der Waals surface area (Å²) in [6.45, 7) is 7.41. The van der Waals surface area contributed by atoms with Gasteiger partial charge in [-0.3, -0.25) is 4.79 Å². The fourth-order valence-electron chi connectivity index (χ4n) is 2.55. The monoisotopic (exact) mass is 372 g/mol. The summed E-state index contributed by atoms with van der Waals surface area (Å²) in [7, 11) is 0. The molecule has 0 aromatic heterocycles. The fourth-order valence-corrected chi connectivity index (χ4v) is 3.15. The molecule has 1 fully saturated rings. The number of likely N-dealkylation sites (tertiary alicyclic amines) is 1. The number of benzene rings is 1. The van der Waals surface area contributed by atoms with Crippen molar-refractivity contribution in [3.8, 4) is 0 Å². The average Bonchev–Trinajstić information content (AvgIpc) is 2.42. The number of likely N-dealkylation sites (N-methyl/N-ethyl adjacent to an activating group) is 1. The molecule has 0 aliphatic carbocycles. The fraction of sp³-hybridized carbons (Fsp3) is 0.533. The molecule has 2 rings (SSSR count). The maximum atomic E-state index is 12.3. The zero-order valence-electron chi connectivity index (χ0n) is 11.6. The van der Waals surface area contributed by atoms with Gasteiger partial charge in [0.15, 0.2) is 0 Å². The van der Waals surface area contributed by atoms with Crippen LogP contribution in [0.15, 0.2) is 18.2 Å². The summed E-state index contributed by atoms with van der Waals surface area (Å²) in [5.74, 6) is 0.0658. The van der Waals surface area contributed by atoms with Crippen LogP contribution in [0.4, 0.5) is 0 Å². The van der Waals surface area contributed by atoms with E-state index in [1.807, 2.05) is 25.1 Å². The Morgan fingerprint density at radius 1 is 1.53 bits per heavy atom. The molecular weight excluding hydrogens is 351 g/mol. The van der Waals surface area contributed by atoms with Gasteiger partial charge in [0.2, 0.25) is 0 Å². The Bertz CT molecular complexity index is 461. The van der Waals surface area contributed by atoms with Crippen LogP contribution in [-0.2, 0) is 0 Å². The molecule has 0 radical (unpaired) electrons. The molecule has 4 heteroatoms. The molecule has 1 unspecified atom stereocenters. The van der Waals surface area contributed by atoms with Crippen LogP contribution in [0.2, 0.25) is 0 Å². The van der Waals surface area contributed by atoms with E-state index >= 15 is 0 Å². The van der Waals surface area contributed by atoms with Crippen molar-refractivity contribution in [3.63, 3.8) is 0 Å². The Kier molecular flexibility index (Phi) is 5.21. The van der Waals surface area contributed by atoms with Crippen molar-refractivity contribution in [1.29, 1.82) is 0 Å². The smallest absolute Gasteiger partial charge is 0.252 e. The molecule has 0 spiro atoms. The number of nitrogens with one attached hydrogen (secondary N) is 1. The van der Waals surface area contributed by atoms with Crippen molar-refractivity contribution < 1.29 is 4.79 Å². The normalized spacial score (nSPS) is 20.3. The van der Waals surface area contributed by atoms with Gasteiger partial charge in [-0.05, 0) is 67.1 Å². The molecule has 1 atom stereocenters. The van der Waals surface area contributed by atoms with Gasteiger partial charge in [-0.15, -0.1) is 0 Å². The molecule has 19 heavy (non-hydrogen) atoms. The molecule has 1 saturated heterocycles. The third kappa shape index (κ3) is 3.69. The van der Waals surface area contributed by atoms with E-state index in [4.69, 9.17) is 0 Å². The summed E-state index contributed by atoms with van der Waals surface area (Å²) >= 11 is 2.25.